The lowest BCUT2D eigenvalue weighted by Crippen LogP contribution is -2.39. The third kappa shape index (κ3) is 5.28. The summed E-state index contributed by atoms with van der Waals surface area (Å²) in [5.74, 6) is -0.218. The molecular formula is C17H17Cl2N3O3S2. The van der Waals surface area contributed by atoms with Crippen LogP contribution in [0.3, 0.4) is 0 Å². The zero-order valence-corrected chi connectivity index (χ0v) is 17.3. The molecule has 2 N–H and O–H groups in total. The fourth-order valence-corrected chi connectivity index (χ4v) is 4.91. The van der Waals surface area contributed by atoms with Gasteiger partial charge in [-0.2, -0.15) is 0 Å². The molecule has 1 aromatic carbocycles. The topological polar surface area (TPSA) is 82.5 Å². The quantitative estimate of drug-likeness (QED) is 0.587. The highest BCUT2D eigenvalue weighted by molar-refractivity contribution is 8.01. The van der Waals surface area contributed by atoms with Gasteiger partial charge in [-0.25, -0.2) is 9.78 Å². The zero-order valence-electron chi connectivity index (χ0n) is 14.2. The number of nitrogens with zero attached hydrogens (tertiary/aromatic N) is 2. The number of hydrogen-bond acceptors (Lipinski definition) is 6. The van der Waals surface area contributed by atoms with Crippen molar-refractivity contribution in [2.75, 3.05) is 24.2 Å². The molecule has 1 amide bonds. The third-order valence-electron chi connectivity index (χ3n) is 4.17. The Balaban J connectivity index is 1.51. The van der Waals surface area contributed by atoms with E-state index in [-0.39, 0.29) is 17.6 Å². The van der Waals surface area contributed by atoms with E-state index >= 15 is 0 Å². The summed E-state index contributed by atoms with van der Waals surface area (Å²) in [4.78, 5) is 29.0. The monoisotopic (exact) mass is 445 g/mol. The number of thiazole rings is 1. The fourth-order valence-electron chi connectivity index (χ4n) is 2.81. The van der Waals surface area contributed by atoms with Gasteiger partial charge in [0.2, 0.25) is 5.91 Å². The van der Waals surface area contributed by atoms with Gasteiger partial charge < -0.3 is 15.3 Å². The average Bonchev–Trinajstić information content (AvgIpc) is 3.24. The van der Waals surface area contributed by atoms with E-state index in [1.807, 2.05) is 11.0 Å². The summed E-state index contributed by atoms with van der Waals surface area (Å²) in [6.45, 7) is 1.23. The van der Waals surface area contributed by atoms with E-state index in [1.165, 1.54) is 28.5 Å². The van der Waals surface area contributed by atoms with E-state index in [2.05, 4.69) is 10.3 Å². The lowest BCUT2D eigenvalue weighted by atomic mass is 10.2. The average molecular weight is 446 g/mol. The van der Waals surface area contributed by atoms with Crippen LogP contribution in [0, 0.1) is 0 Å². The number of benzene rings is 1. The molecule has 1 aromatic heterocycles. The lowest BCUT2D eigenvalue weighted by molar-refractivity contribution is -0.128. The van der Waals surface area contributed by atoms with Crippen LogP contribution in [0.1, 0.15) is 23.3 Å². The van der Waals surface area contributed by atoms with Crippen molar-refractivity contribution in [2.24, 2.45) is 0 Å². The first-order valence-electron chi connectivity index (χ1n) is 8.24. The van der Waals surface area contributed by atoms with Crippen LogP contribution < -0.4 is 5.32 Å². The number of nitrogens with one attached hydrogen (secondary N) is 1. The number of hydrogen-bond donors (Lipinski definition) is 2. The maximum atomic E-state index is 12.2. The van der Waals surface area contributed by atoms with Gasteiger partial charge in [-0.3, -0.25) is 4.79 Å². The van der Waals surface area contributed by atoms with Gasteiger partial charge in [-0.1, -0.05) is 35.0 Å². The number of halogens is 2. The first-order chi connectivity index (χ1) is 12.9. The predicted molar refractivity (Wildman–Crippen MR) is 109 cm³/mol. The molecule has 2 heterocycles. The predicted octanol–water partition coefficient (Wildman–Crippen LogP) is 4.34. The fraction of sp³-hybridized carbons (Fsp3) is 0.353. The van der Waals surface area contributed by atoms with Gasteiger partial charge in [0.1, 0.15) is 0 Å². The number of carbonyl (C=O) groups excluding carboxylic acids is 1. The van der Waals surface area contributed by atoms with E-state index in [4.69, 9.17) is 28.3 Å². The number of aromatic carboxylic acids is 1. The number of carboxylic acids is 1. The summed E-state index contributed by atoms with van der Waals surface area (Å²) in [6.07, 6.45) is 1.34. The van der Waals surface area contributed by atoms with E-state index < -0.39 is 5.97 Å². The molecule has 6 nitrogen and oxygen atoms in total. The molecule has 0 radical (unpaired) electrons. The molecule has 1 aliphatic rings. The van der Waals surface area contributed by atoms with Crippen molar-refractivity contribution < 1.29 is 14.7 Å². The zero-order chi connectivity index (χ0) is 19.4. The summed E-state index contributed by atoms with van der Waals surface area (Å²) in [5, 5.41) is 14.7. The summed E-state index contributed by atoms with van der Waals surface area (Å²) >= 11 is 14.7. The number of carbonyl (C=O) groups is 2. The Bertz CT molecular complexity index is 847. The van der Waals surface area contributed by atoms with Crippen molar-refractivity contribution in [3.8, 4) is 0 Å². The van der Waals surface area contributed by atoms with Crippen LogP contribution >= 0.6 is 46.3 Å². The van der Waals surface area contributed by atoms with Crippen LogP contribution in [0.25, 0.3) is 0 Å². The van der Waals surface area contributed by atoms with Crippen LogP contribution in [-0.2, 0) is 4.79 Å². The third-order valence-corrected chi connectivity index (χ3v) is 6.91. The second kappa shape index (κ2) is 9.14. The van der Waals surface area contributed by atoms with Gasteiger partial charge in [-0.05, 0) is 24.6 Å². The summed E-state index contributed by atoms with van der Waals surface area (Å²) < 4.78 is 0.699. The molecule has 144 valence electrons. The van der Waals surface area contributed by atoms with Crippen molar-refractivity contribution in [2.45, 2.75) is 23.2 Å². The van der Waals surface area contributed by atoms with Crippen LogP contribution in [0.4, 0.5) is 5.69 Å². The number of aromatic nitrogens is 1. The highest BCUT2D eigenvalue weighted by Gasteiger charge is 2.30. The Kier molecular flexibility index (Phi) is 6.86. The molecule has 10 heteroatoms. The van der Waals surface area contributed by atoms with Crippen molar-refractivity contribution in [3.63, 3.8) is 0 Å². The number of amides is 1. The Morgan fingerprint density at radius 1 is 1.41 bits per heavy atom. The Morgan fingerprint density at radius 2 is 2.22 bits per heavy atom. The number of anilines is 1. The Morgan fingerprint density at radius 3 is 2.93 bits per heavy atom. The van der Waals surface area contributed by atoms with Gasteiger partial charge >= 0.3 is 5.97 Å². The minimum Gasteiger partial charge on any atom is -0.476 e. The smallest absolute Gasteiger partial charge is 0.355 e. The molecule has 0 saturated carbocycles. The van der Waals surface area contributed by atoms with Crippen LogP contribution in [0.2, 0.25) is 10.0 Å². The van der Waals surface area contributed by atoms with Gasteiger partial charge in [0.15, 0.2) is 10.0 Å². The first kappa shape index (κ1) is 20.3. The number of carboxylic acid groups (broad SMARTS) is 1. The van der Waals surface area contributed by atoms with Crippen molar-refractivity contribution >= 4 is 63.9 Å². The largest absolute Gasteiger partial charge is 0.476 e. The summed E-state index contributed by atoms with van der Waals surface area (Å²) in [7, 11) is 0. The van der Waals surface area contributed by atoms with Gasteiger partial charge in [0.25, 0.3) is 0 Å². The summed E-state index contributed by atoms with van der Waals surface area (Å²) in [5.41, 5.74) is 0.922. The molecular weight excluding hydrogens is 429 g/mol. The van der Waals surface area contributed by atoms with Crippen molar-refractivity contribution in [1.82, 2.24) is 9.88 Å². The molecule has 0 bridgehead atoms. The molecule has 1 aliphatic heterocycles. The van der Waals surface area contributed by atoms with Crippen molar-refractivity contribution in [1.29, 1.82) is 0 Å². The maximum Gasteiger partial charge on any atom is 0.355 e. The minimum absolute atomic E-state index is 0.0588. The second-order valence-corrected chi connectivity index (χ2v) is 8.96. The van der Waals surface area contributed by atoms with Gasteiger partial charge in [0.05, 0.1) is 10.0 Å². The maximum absolute atomic E-state index is 12.2. The highest BCUT2D eigenvalue weighted by Crippen LogP contribution is 2.27. The highest BCUT2D eigenvalue weighted by atomic mass is 35.5. The summed E-state index contributed by atoms with van der Waals surface area (Å²) in [6, 6.07) is 5.47. The number of rotatable bonds is 8. The van der Waals surface area contributed by atoms with Gasteiger partial charge in [0, 0.05) is 42.4 Å². The Hall–Kier alpha value is -1.48. The normalized spacial score (nSPS) is 16.7. The molecule has 1 unspecified atom stereocenters. The van der Waals surface area contributed by atoms with Gasteiger partial charge in [-0.15, -0.1) is 11.3 Å². The number of thioether (sulfide) groups is 1. The van der Waals surface area contributed by atoms with E-state index in [1.54, 1.807) is 12.1 Å². The molecule has 2 aromatic rings. The molecule has 3 rings (SSSR count). The first-order valence-corrected chi connectivity index (χ1v) is 10.9. The minimum atomic E-state index is -1.03. The molecule has 0 aliphatic carbocycles. The van der Waals surface area contributed by atoms with Crippen LogP contribution in [0.5, 0.6) is 0 Å². The number of likely N-dealkylation sites (tertiary alicyclic amines) is 1. The molecule has 1 atom stereocenters. The van der Waals surface area contributed by atoms with Crippen molar-refractivity contribution in [3.05, 3.63) is 39.3 Å². The molecule has 1 fully saturated rings. The Labute approximate surface area is 174 Å². The van der Waals surface area contributed by atoms with Crippen LogP contribution in [0.15, 0.2) is 27.9 Å². The van der Waals surface area contributed by atoms with E-state index in [9.17, 15) is 9.59 Å². The standard InChI is InChI=1S/C17H17Cl2N3O3S2/c18-12-3-1-10(7-13(12)19)20-8-11-2-4-15(23)22(11)5-6-26-17-21-14(9-27-17)16(24)25/h1,3,7,9,11,20H,2,4-6,8H2,(H,24,25). The molecule has 27 heavy (non-hydrogen) atoms. The SMILES string of the molecule is O=C(O)c1csc(SCCN2C(=O)CCC2CNc2ccc(Cl)c(Cl)c2)n1. The molecule has 0 spiro atoms. The van der Waals surface area contributed by atoms with E-state index in [0.717, 1.165) is 12.1 Å². The van der Waals surface area contributed by atoms with Crippen LogP contribution in [-0.4, -0.2) is 51.8 Å². The second-order valence-electron chi connectivity index (χ2n) is 5.94. The lowest BCUT2D eigenvalue weighted by Gasteiger charge is -2.25. The molecule has 1 saturated heterocycles. The van der Waals surface area contributed by atoms with E-state index in [0.29, 0.717) is 39.6 Å².